The molecule has 1 saturated heterocycles. The van der Waals surface area contributed by atoms with Gasteiger partial charge in [-0.3, -0.25) is 13.9 Å². The van der Waals surface area contributed by atoms with Gasteiger partial charge in [0, 0.05) is 60.3 Å². The van der Waals surface area contributed by atoms with E-state index < -0.39 is 16.9 Å². The number of aromatic nitrogens is 1. The highest BCUT2D eigenvalue weighted by atomic mass is 32.2. The number of rotatable bonds is 6. The summed E-state index contributed by atoms with van der Waals surface area (Å²) < 4.78 is 14.5. The van der Waals surface area contributed by atoms with Gasteiger partial charge < -0.3 is 20.5 Å². The van der Waals surface area contributed by atoms with Gasteiger partial charge in [0.25, 0.3) is 11.8 Å². The fourth-order valence-electron chi connectivity index (χ4n) is 5.64. The van der Waals surface area contributed by atoms with E-state index in [4.69, 9.17) is 5.73 Å². The number of H-pyrrole nitrogens is 1. The number of fused-ring (bicyclic) bond motifs is 3. The van der Waals surface area contributed by atoms with Gasteiger partial charge in [-0.25, -0.2) is 4.21 Å². The highest BCUT2D eigenvalue weighted by Gasteiger charge is 2.24. The third-order valence-electron chi connectivity index (χ3n) is 7.64. The Morgan fingerprint density at radius 2 is 1.74 bits per heavy atom. The van der Waals surface area contributed by atoms with Crippen LogP contribution in [0.5, 0.6) is 0 Å². The molecule has 0 saturated carbocycles. The number of hydrogen-bond acceptors (Lipinski definition) is 4. The van der Waals surface area contributed by atoms with E-state index in [1.807, 2.05) is 72.4 Å². The van der Waals surface area contributed by atoms with Crippen molar-refractivity contribution in [2.75, 3.05) is 43.8 Å². The second kappa shape index (κ2) is 10.5. The summed E-state index contributed by atoms with van der Waals surface area (Å²) in [5.74, 6) is -0.520. The molecule has 2 amide bonds. The van der Waals surface area contributed by atoms with Gasteiger partial charge >= 0.3 is 0 Å². The number of nitrogens with two attached hydrogens (primary N) is 1. The van der Waals surface area contributed by atoms with E-state index in [0.29, 0.717) is 29.7 Å². The van der Waals surface area contributed by atoms with Crippen LogP contribution in [-0.4, -0.2) is 76.3 Å². The standard InChI is InChI=1S/C30H35N5O3S/c1-18(2)35(39(5)38)26-8-6-7-21(19(26)3)22-11-12-24(29(31)36)28-27(22)23-10-9-20(17-25(23)32-28)30(37)34-15-13-33(4)14-16-34/h6-12,17-18,32H,13-16H2,1-5H3,(H2,31,36). The van der Waals surface area contributed by atoms with Gasteiger partial charge in [0.1, 0.15) is 11.0 Å². The summed E-state index contributed by atoms with van der Waals surface area (Å²) in [6, 6.07) is 15.4. The van der Waals surface area contributed by atoms with Crippen molar-refractivity contribution in [1.82, 2.24) is 14.8 Å². The maximum Gasteiger partial charge on any atom is 0.254 e. The second-order valence-electron chi connectivity index (χ2n) is 10.5. The van der Waals surface area contributed by atoms with Crippen LogP contribution in [0.2, 0.25) is 0 Å². The molecule has 4 aromatic rings. The minimum atomic E-state index is -1.20. The van der Waals surface area contributed by atoms with Gasteiger partial charge in [-0.15, -0.1) is 0 Å². The number of piperazine rings is 1. The topological polar surface area (TPSA) is 103 Å². The van der Waals surface area contributed by atoms with Crippen molar-refractivity contribution in [1.29, 1.82) is 0 Å². The number of benzene rings is 3. The van der Waals surface area contributed by atoms with E-state index in [9.17, 15) is 13.8 Å². The van der Waals surface area contributed by atoms with Crippen LogP contribution in [0.25, 0.3) is 32.9 Å². The molecule has 1 unspecified atom stereocenters. The number of nitrogens with one attached hydrogen (secondary N) is 1. The summed E-state index contributed by atoms with van der Waals surface area (Å²) in [6.07, 6.45) is 1.69. The Hall–Kier alpha value is -3.69. The molecule has 2 heterocycles. The minimum absolute atomic E-state index is 0.00360. The molecule has 1 fully saturated rings. The molecule has 1 aliphatic heterocycles. The first kappa shape index (κ1) is 26.9. The fraction of sp³-hybridized carbons (Fsp3) is 0.333. The zero-order chi connectivity index (χ0) is 28.0. The van der Waals surface area contributed by atoms with Crippen molar-refractivity contribution in [3.05, 3.63) is 65.2 Å². The van der Waals surface area contributed by atoms with Gasteiger partial charge in [0.2, 0.25) is 0 Å². The molecule has 1 atom stereocenters. The van der Waals surface area contributed by atoms with Crippen LogP contribution in [-0.2, 0) is 11.0 Å². The van der Waals surface area contributed by atoms with E-state index >= 15 is 0 Å². The van der Waals surface area contributed by atoms with Gasteiger partial charge in [-0.1, -0.05) is 24.3 Å². The molecule has 1 aromatic heterocycles. The number of primary amides is 1. The van der Waals surface area contributed by atoms with Crippen LogP contribution >= 0.6 is 0 Å². The zero-order valence-corrected chi connectivity index (χ0v) is 23.9. The molecule has 0 spiro atoms. The summed E-state index contributed by atoms with van der Waals surface area (Å²) >= 11 is 0. The van der Waals surface area contributed by atoms with Gasteiger partial charge in [0.05, 0.1) is 16.8 Å². The van der Waals surface area contributed by atoms with Crippen molar-refractivity contribution in [3.63, 3.8) is 0 Å². The molecule has 0 aliphatic carbocycles. The summed E-state index contributed by atoms with van der Waals surface area (Å²) in [5.41, 5.74) is 12.0. The third-order valence-corrected chi connectivity index (χ3v) is 8.81. The lowest BCUT2D eigenvalue weighted by atomic mass is 9.93. The summed E-state index contributed by atoms with van der Waals surface area (Å²) in [5, 5.41) is 1.77. The summed E-state index contributed by atoms with van der Waals surface area (Å²) in [7, 11) is 0.866. The number of hydrogen-bond donors (Lipinski definition) is 2. The Labute approximate surface area is 231 Å². The largest absolute Gasteiger partial charge is 0.366 e. The summed E-state index contributed by atoms with van der Waals surface area (Å²) in [6.45, 7) is 9.17. The van der Waals surface area contributed by atoms with Gasteiger partial charge in [0.15, 0.2) is 0 Å². The molecule has 204 valence electrons. The molecule has 8 nitrogen and oxygen atoms in total. The normalized spacial score (nSPS) is 15.3. The Kier molecular flexibility index (Phi) is 7.22. The lowest BCUT2D eigenvalue weighted by molar-refractivity contribution is 0.0664. The van der Waals surface area contributed by atoms with Crippen molar-refractivity contribution in [2.45, 2.75) is 26.8 Å². The minimum Gasteiger partial charge on any atom is -0.366 e. The maximum atomic E-state index is 13.3. The van der Waals surface area contributed by atoms with Crippen molar-refractivity contribution < 1.29 is 13.8 Å². The lowest BCUT2D eigenvalue weighted by Gasteiger charge is -2.32. The Morgan fingerprint density at radius 3 is 2.38 bits per heavy atom. The number of nitrogens with zero attached hydrogens (tertiary/aromatic N) is 3. The first-order valence-electron chi connectivity index (χ1n) is 13.2. The first-order chi connectivity index (χ1) is 18.6. The molecular weight excluding hydrogens is 510 g/mol. The Bertz CT molecular complexity index is 1620. The van der Waals surface area contributed by atoms with Crippen molar-refractivity contribution in [3.8, 4) is 11.1 Å². The quantitative estimate of drug-likeness (QED) is 0.377. The molecule has 9 heteroatoms. The predicted molar refractivity (Wildman–Crippen MR) is 160 cm³/mol. The number of carbonyl (C=O) groups is 2. The number of aromatic amines is 1. The number of carbonyl (C=O) groups excluding carboxylic acids is 2. The Balaban J connectivity index is 1.69. The molecule has 1 aliphatic rings. The van der Waals surface area contributed by atoms with E-state index in [0.717, 1.165) is 51.8 Å². The van der Waals surface area contributed by atoms with Crippen molar-refractivity contribution >= 4 is 50.3 Å². The molecule has 39 heavy (non-hydrogen) atoms. The monoisotopic (exact) mass is 545 g/mol. The van der Waals surface area contributed by atoms with Crippen LogP contribution in [0.3, 0.4) is 0 Å². The molecule has 0 bridgehead atoms. The molecule has 0 radical (unpaired) electrons. The van der Waals surface area contributed by atoms with Gasteiger partial charge in [-0.05, 0) is 68.8 Å². The van der Waals surface area contributed by atoms with E-state index in [2.05, 4.69) is 16.9 Å². The van der Waals surface area contributed by atoms with Crippen LogP contribution in [0.4, 0.5) is 5.69 Å². The SMILES string of the molecule is Cc1c(-c2ccc(C(N)=O)c3[nH]c4cc(C(=O)N5CCN(C)CC5)ccc4c23)cccc1N(C(C)C)S(C)=O. The van der Waals surface area contributed by atoms with Gasteiger partial charge in [-0.2, -0.15) is 0 Å². The van der Waals surface area contributed by atoms with E-state index in [1.54, 1.807) is 12.3 Å². The van der Waals surface area contributed by atoms with Crippen LogP contribution in [0.15, 0.2) is 48.5 Å². The van der Waals surface area contributed by atoms with Crippen molar-refractivity contribution in [2.24, 2.45) is 5.73 Å². The average molecular weight is 546 g/mol. The Morgan fingerprint density at radius 1 is 1.03 bits per heavy atom. The van der Waals surface area contributed by atoms with Crippen LogP contribution in [0, 0.1) is 6.92 Å². The smallest absolute Gasteiger partial charge is 0.254 e. The highest BCUT2D eigenvalue weighted by Crippen LogP contribution is 2.40. The lowest BCUT2D eigenvalue weighted by Crippen LogP contribution is -2.47. The first-order valence-corrected chi connectivity index (χ1v) is 14.7. The van der Waals surface area contributed by atoms with Crippen LogP contribution < -0.4 is 10.0 Å². The van der Waals surface area contributed by atoms with E-state index in [-0.39, 0.29) is 11.9 Å². The number of likely N-dealkylation sites (N-methyl/N-ethyl adjacent to an activating group) is 1. The van der Waals surface area contributed by atoms with E-state index in [1.165, 1.54) is 0 Å². The average Bonchev–Trinajstić information content (AvgIpc) is 3.28. The summed E-state index contributed by atoms with van der Waals surface area (Å²) in [4.78, 5) is 33.2. The maximum absolute atomic E-state index is 13.3. The molecule has 3 N–H and O–H groups in total. The zero-order valence-electron chi connectivity index (χ0n) is 23.1. The predicted octanol–water partition coefficient (Wildman–Crippen LogP) is 4.29. The van der Waals surface area contributed by atoms with Crippen LogP contribution in [0.1, 0.15) is 40.1 Å². The fourth-order valence-corrected chi connectivity index (χ4v) is 6.70. The highest BCUT2D eigenvalue weighted by molar-refractivity contribution is 7.85. The third kappa shape index (κ3) is 4.81. The second-order valence-corrected chi connectivity index (χ2v) is 11.8. The number of anilines is 1. The molecular formula is C30H35N5O3S. The molecule has 5 rings (SSSR count). The number of amides is 2. The molecule has 3 aromatic carbocycles.